The van der Waals surface area contributed by atoms with Crippen LogP contribution >= 0.6 is 11.6 Å². The maximum Gasteiger partial charge on any atom is 0.146 e. The minimum atomic E-state index is -0.275. The van der Waals surface area contributed by atoms with Crippen LogP contribution in [-0.2, 0) is 6.54 Å². The number of aromatic nitrogens is 1. The zero-order valence-electron chi connectivity index (χ0n) is 9.29. The van der Waals surface area contributed by atoms with Crippen LogP contribution in [0.5, 0.6) is 0 Å². The molecule has 1 aromatic rings. The minimum absolute atomic E-state index is 0.275. The van der Waals surface area contributed by atoms with Gasteiger partial charge in [-0.1, -0.05) is 11.6 Å². The van der Waals surface area contributed by atoms with Crippen molar-refractivity contribution in [2.45, 2.75) is 6.54 Å². The molecule has 0 spiro atoms. The Hall–Kier alpha value is -0.710. The van der Waals surface area contributed by atoms with Gasteiger partial charge < -0.3 is 4.90 Å². The average molecular weight is 244 g/mol. The van der Waals surface area contributed by atoms with Gasteiger partial charge in [0.25, 0.3) is 0 Å². The molecule has 1 fully saturated rings. The molecule has 0 N–H and O–H groups in total. The van der Waals surface area contributed by atoms with E-state index in [4.69, 9.17) is 11.6 Å². The highest BCUT2D eigenvalue weighted by molar-refractivity contribution is 6.29. The Morgan fingerprint density at radius 3 is 2.75 bits per heavy atom. The van der Waals surface area contributed by atoms with Gasteiger partial charge in [0.2, 0.25) is 0 Å². The summed E-state index contributed by atoms with van der Waals surface area (Å²) in [6, 6.07) is 1.61. The van der Waals surface area contributed by atoms with Crippen LogP contribution in [0.3, 0.4) is 0 Å². The Labute approximate surface area is 99.8 Å². The quantitative estimate of drug-likeness (QED) is 0.736. The van der Waals surface area contributed by atoms with Crippen molar-refractivity contribution in [3.63, 3.8) is 0 Å². The monoisotopic (exact) mass is 243 g/mol. The van der Waals surface area contributed by atoms with Crippen LogP contribution in [0, 0.1) is 5.82 Å². The molecular weight excluding hydrogens is 229 g/mol. The molecule has 0 aliphatic carbocycles. The molecule has 88 valence electrons. The first-order chi connectivity index (χ1) is 7.65. The largest absolute Gasteiger partial charge is 0.304 e. The van der Waals surface area contributed by atoms with Crippen LogP contribution in [0.15, 0.2) is 12.3 Å². The van der Waals surface area contributed by atoms with Crippen LogP contribution < -0.4 is 0 Å². The smallest absolute Gasteiger partial charge is 0.146 e. The lowest BCUT2D eigenvalue weighted by Crippen LogP contribution is -2.44. The van der Waals surface area contributed by atoms with E-state index in [2.05, 4.69) is 21.8 Å². The van der Waals surface area contributed by atoms with Crippen molar-refractivity contribution in [3.8, 4) is 0 Å². The van der Waals surface area contributed by atoms with E-state index in [-0.39, 0.29) is 5.82 Å². The standard InChI is InChI=1S/C11H15ClFN3/c1-15-2-4-16(5-3-15)8-9-6-11(12)14-7-10(9)13/h6-7H,2-5,8H2,1H3. The zero-order valence-corrected chi connectivity index (χ0v) is 10.0. The summed E-state index contributed by atoms with van der Waals surface area (Å²) in [7, 11) is 2.10. The number of pyridine rings is 1. The highest BCUT2D eigenvalue weighted by Crippen LogP contribution is 2.14. The third kappa shape index (κ3) is 2.90. The second-order valence-corrected chi connectivity index (χ2v) is 4.57. The molecule has 1 saturated heterocycles. The summed E-state index contributed by atoms with van der Waals surface area (Å²) < 4.78 is 13.4. The molecule has 2 rings (SSSR count). The fourth-order valence-electron chi connectivity index (χ4n) is 1.82. The number of halogens is 2. The summed E-state index contributed by atoms with van der Waals surface area (Å²) in [6.45, 7) is 4.61. The van der Waals surface area contributed by atoms with Gasteiger partial charge >= 0.3 is 0 Å². The Balaban J connectivity index is 2.00. The second kappa shape index (κ2) is 5.08. The number of hydrogen-bond acceptors (Lipinski definition) is 3. The fraction of sp³-hybridized carbons (Fsp3) is 0.545. The zero-order chi connectivity index (χ0) is 11.5. The maximum absolute atomic E-state index is 13.4. The highest BCUT2D eigenvalue weighted by atomic mass is 35.5. The summed E-state index contributed by atoms with van der Waals surface area (Å²) in [6.07, 6.45) is 1.19. The van der Waals surface area contributed by atoms with Crippen molar-refractivity contribution in [1.82, 2.24) is 14.8 Å². The molecule has 0 amide bonds. The molecule has 16 heavy (non-hydrogen) atoms. The highest BCUT2D eigenvalue weighted by Gasteiger charge is 2.15. The predicted molar refractivity (Wildman–Crippen MR) is 62.0 cm³/mol. The SMILES string of the molecule is CN1CCN(Cc2cc(Cl)ncc2F)CC1. The molecule has 1 aromatic heterocycles. The van der Waals surface area contributed by atoms with Crippen molar-refractivity contribution < 1.29 is 4.39 Å². The number of likely N-dealkylation sites (N-methyl/N-ethyl adjacent to an activating group) is 1. The lowest BCUT2D eigenvalue weighted by Gasteiger charge is -2.32. The molecule has 0 aromatic carbocycles. The number of hydrogen-bond donors (Lipinski definition) is 0. The molecule has 1 aliphatic heterocycles. The molecule has 0 bridgehead atoms. The van der Waals surface area contributed by atoms with Crippen molar-refractivity contribution in [1.29, 1.82) is 0 Å². The molecule has 0 unspecified atom stereocenters. The van der Waals surface area contributed by atoms with E-state index in [0.717, 1.165) is 26.2 Å². The number of nitrogens with zero attached hydrogens (tertiary/aromatic N) is 3. The van der Waals surface area contributed by atoms with Gasteiger partial charge in [0.1, 0.15) is 11.0 Å². The van der Waals surface area contributed by atoms with E-state index in [1.165, 1.54) is 6.20 Å². The van der Waals surface area contributed by atoms with Crippen molar-refractivity contribution in [2.24, 2.45) is 0 Å². The first kappa shape index (κ1) is 11.8. The van der Waals surface area contributed by atoms with E-state index in [0.29, 0.717) is 17.3 Å². The van der Waals surface area contributed by atoms with Crippen LogP contribution in [-0.4, -0.2) is 48.0 Å². The lowest BCUT2D eigenvalue weighted by atomic mass is 10.2. The molecule has 3 nitrogen and oxygen atoms in total. The third-order valence-corrected chi connectivity index (χ3v) is 3.10. The van der Waals surface area contributed by atoms with Gasteiger partial charge in [-0.05, 0) is 13.1 Å². The van der Waals surface area contributed by atoms with Gasteiger partial charge in [-0.25, -0.2) is 9.37 Å². The normalized spacial score (nSPS) is 18.9. The Morgan fingerprint density at radius 2 is 2.06 bits per heavy atom. The Bertz CT molecular complexity index is 364. The van der Waals surface area contributed by atoms with Crippen molar-refractivity contribution in [3.05, 3.63) is 28.8 Å². The van der Waals surface area contributed by atoms with E-state index in [1.54, 1.807) is 6.07 Å². The van der Waals surface area contributed by atoms with Crippen LogP contribution in [0.25, 0.3) is 0 Å². The van der Waals surface area contributed by atoms with Crippen LogP contribution in [0.2, 0.25) is 5.15 Å². The van der Waals surface area contributed by atoms with E-state index in [1.807, 2.05) is 0 Å². The maximum atomic E-state index is 13.4. The van der Waals surface area contributed by atoms with Gasteiger partial charge in [0, 0.05) is 38.3 Å². The summed E-state index contributed by atoms with van der Waals surface area (Å²) in [5.41, 5.74) is 0.629. The topological polar surface area (TPSA) is 19.4 Å². The molecule has 5 heteroatoms. The van der Waals surface area contributed by atoms with Crippen molar-refractivity contribution in [2.75, 3.05) is 33.2 Å². The second-order valence-electron chi connectivity index (χ2n) is 4.18. The third-order valence-electron chi connectivity index (χ3n) is 2.89. The van der Waals surface area contributed by atoms with Gasteiger partial charge in [0.15, 0.2) is 0 Å². The van der Waals surface area contributed by atoms with E-state index >= 15 is 0 Å². The first-order valence-corrected chi connectivity index (χ1v) is 5.74. The van der Waals surface area contributed by atoms with Crippen LogP contribution in [0.4, 0.5) is 4.39 Å². The predicted octanol–water partition coefficient (Wildman–Crippen LogP) is 1.62. The van der Waals surface area contributed by atoms with Gasteiger partial charge in [-0.15, -0.1) is 0 Å². The fourth-order valence-corrected chi connectivity index (χ4v) is 2.00. The first-order valence-electron chi connectivity index (χ1n) is 5.36. The van der Waals surface area contributed by atoms with Crippen molar-refractivity contribution >= 4 is 11.6 Å². The molecule has 0 atom stereocenters. The number of rotatable bonds is 2. The van der Waals surface area contributed by atoms with E-state index < -0.39 is 0 Å². The van der Waals surface area contributed by atoms with Gasteiger partial charge in [0.05, 0.1) is 6.20 Å². The summed E-state index contributed by atoms with van der Waals surface area (Å²) in [5, 5.41) is 0.352. The summed E-state index contributed by atoms with van der Waals surface area (Å²) in [4.78, 5) is 8.21. The Kier molecular flexibility index (Phi) is 3.74. The van der Waals surface area contributed by atoms with E-state index in [9.17, 15) is 4.39 Å². The molecule has 1 aliphatic rings. The van der Waals surface area contributed by atoms with Crippen LogP contribution in [0.1, 0.15) is 5.56 Å². The number of piperazine rings is 1. The minimum Gasteiger partial charge on any atom is -0.304 e. The Morgan fingerprint density at radius 1 is 1.38 bits per heavy atom. The van der Waals surface area contributed by atoms with Gasteiger partial charge in [-0.3, -0.25) is 4.90 Å². The molecular formula is C11H15ClFN3. The molecule has 0 saturated carbocycles. The van der Waals surface area contributed by atoms with Gasteiger partial charge in [-0.2, -0.15) is 0 Å². The molecule has 2 heterocycles. The summed E-state index contributed by atoms with van der Waals surface area (Å²) >= 11 is 5.75. The average Bonchev–Trinajstić information content (AvgIpc) is 2.27. The summed E-state index contributed by atoms with van der Waals surface area (Å²) in [5.74, 6) is -0.275. The molecule has 0 radical (unpaired) electrons. The lowest BCUT2D eigenvalue weighted by molar-refractivity contribution is 0.147.